The number of carbonyl (C=O) groups is 3. The molecule has 1 aliphatic heterocycles. The molecule has 0 aromatic heterocycles. The van der Waals surface area contributed by atoms with E-state index in [9.17, 15) is 14.4 Å². The Balaban J connectivity index is 1.23. The first-order valence-corrected chi connectivity index (χ1v) is 14.3. The van der Waals surface area contributed by atoms with Crippen LogP contribution >= 0.6 is 0 Å². The summed E-state index contributed by atoms with van der Waals surface area (Å²) in [7, 11) is 0. The molecule has 2 aliphatic rings. The first kappa shape index (κ1) is 24.1. The number of fused-ring (bicyclic) bond motifs is 2. The summed E-state index contributed by atoms with van der Waals surface area (Å²) >= 11 is 0. The minimum atomic E-state index is -0.440. The number of benzene rings is 6. The lowest BCUT2D eigenvalue weighted by molar-refractivity contribution is -0.145. The minimum Gasteiger partial charge on any atom is -0.461 e. The lowest BCUT2D eigenvalue weighted by Gasteiger charge is -2.29. The fourth-order valence-electron chi connectivity index (χ4n) is 6.67. The van der Waals surface area contributed by atoms with Crippen molar-refractivity contribution in [1.29, 1.82) is 0 Å². The van der Waals surface area contributed by atoms with Crippen molar-refractivity contribution in [3.05, 3.63) is 107 Å². The van der Waals surface area contributed by atoms with Gasteiger partial charge in [0.15, 0.2) is 0 Å². The van der Waals surface area contributed by atoms with Crippen molar-refractivity contribution in [2.24, 2.45) is 5.92 Å². The summed E-state index contributed by atoms with van der Waals surface area (Å²) in [5.41, 5.74) is 3.13. The second-order valence-corrected chi connectivity index (χ2v) is 11.4. The molecule has 1 fully saturated rings. The van der Waals surface area contributed by atoms with Crippen LogP contribution in [0.4, 0.5) is 0 Å². The first-order chi connectivity index (χ1) is 20.1. The molecule has 1 heterocycles. The maximum atomic E-state index is 14.0. The molecule has 8 rings (SSSR count). The van der Waals surface area contributed by atoms with E-state index in [0.29, 0.717) is 17.0 Å². The van der Waals surface area contributed by atoms with Crippen molar-refractivity contribution < 1.29 is 19.1 Å². The number of rotatable bonds is 7. The Hall–Kier alpha value is -4.77. The van der Waals surface area contributed by atoms with Crippen LogP contribution in [0.5, 0.6) is 0 Å². The van der Waals surface area contributed by atoms with Crippen molar-refractivity contribution in [2.75, 3.05) is 6.54 Å². The summed E-state index contributed by atoms with van der Waals surface area (Å²) in [5, 5.41) is 8.70. The van der Waals surface area contributed by atoms with Gasteiger partial charge in [-0.3, -0.25) is 19.3 Å². The third-order valence-corrected chi connectivity index (χ3v) is 8.77. The smallest absolute Gasteiger partial charge is 0.307 e. The van der Waals surface area contributed by atoms with E-state index >= 15 is 0 Å². The van der Waals surface area contributed by atoms with Crippen molar-refractivity contribution in [1.82, 2.24) is 4.90 Å². The molecule has 5 nitrogen and oxygen atoms in total. The van der Waals surface area contributed by atoms with Gasteiger partial charge in [-0.25, -0.2) is 0 Å². The summed E-state index contributed by atoms with van der Waals surface area (Å²) in [6.45, 7) is 0.143. The van der Waals surface area contributed by atoms with Crippen molar-refractivity contribution in [3.8, 4) is 0 Å². The van der Waals surface area contributed by atoms with Gasteiger partial charge in [0.1, 0.15) is 6.61 Å². The summed E-state index contributed by atoms with van der Waals surface area (Å²) in [5.74, 6) is -0.515. The fraction of sp³-hybridized carbons (Fsp3) is 0.194. The number of imide groups is 1. The van der Waals surface area contributed by atoms with E-state index in [4.69, 9.17) is 4.74 Å². The van der Waals surface area contributed by atoms with E-state index in [0.717, 1.165) is 38.9 Å². The van der Waals surface area contributed by atoms with E-state index in [2.05, 4.69) is 36.4 Å². The monoisotopic (exact) mass is 537 g/mol. The molecule has 0 saturated heterocycles. The highest BCUT2D eigenvalue weighted by Crippen LogP contribution is 2.47. The molecule has 6 aromatic carbocycles. The predicted octanol–water partition coefficient (Wildman–Crippen LogP) is 7.42. The largest absolute Gasteiger partial charge is 0.461 e. The highest BCUT2D eigenvalue weighted by atomic mass is 16.5. The average molecular weight is 538 g/mol. The summed E-state index contributed by atoms with van der Waals surface area (Å²) < 4.78 is 5.41. The van der Waals surface area contributed by atoms with Crippen LogP contribution in [0.25, 0.3) is 43.1 Å². The molecule has 0 unspecified atom stereocenters. The first-order valence-electron chi connectivity index (χ1n) is 14.3. The quantitative estimate of drug-likeness (QED) is 0.0920. The average Bonchev–Trinajstić information content (AvgIpc) is 3.82. The van der Waals surface area contributed by atoms with Crippen LogP contribution in [0.3, 0.4) is 0 Å². The molecule has 1 aliphatic carbocycles. The summed E-state index contributed by atoms with van der Waals surface area (Å²) in [6, 6.07) is 28.2. The molecule has 0 radical (unpaired) electrons. The molecule has 41 heavy (non-hydrogen) atoms. The molecule has 2 amide bonds. The number of amides is 2. The van der Waals surface area contributed by atoms with Crippen LogP contribution in [0.15, 0.2) is 84.9 Å². The number of ether oxygens (including phenoxy) is 1. The number of hydrogen-bond acceptors (Lipinski definition) is 4. The van der Waals surface area contributed by atoms with Gasteiger partial charge in [0.2, 0.25) is 0 Å². The van der Waals surface area contributed by atoms with Crippen LogP contribution in [0.2, 0.25) is 0 Å². The second kappa shape index (κ2) is 9.13. The molecule has 0 spiro atoms. The Morgan fingerprint density at radius 3 is 2.24 bits per heavy atom. The molecule has 200 valence electrons. The lowest BCUT2D eigenvalue weighted by Crippen LogP contribution is -2.41. The maximum absolute atomic E-state index is 14.0. The van der Waals surface area contributed by atoms with Crippen molar-refractivity contribution >= 4 is 60.9 Å². The Morgan fingerprint density at radius 2 is 1.46 bits per heavy atom. The third kappa shape index (κ3) is 3.80. The molecule has 5 heteroatoms. The fourth-order valence-corrected chi connectivity index (χ4v) is 6.67. The zero-order chi connectivity index (χ0) is 27.7. The minimum absolute atomic E-state index is 0.0180. The van der Waals surface area contributed by atoms with Crippen LogP contribution in [-0.4, -0.2) is 29.2 Å². The van der Waals surface area contributed by atoms with Gasteiger partial charge in [0.25, 0.3) is 11.8 Å². The van der Waals surface area contributed by atoms with E-state index in [1.807, 2.05) is 48.5 Å². The van der Waals surface area contributed by atoms with Gasteiger partial charge in [-0.2, -0.15) is 0 Å². The number of hydrogen-bond donors (Lipinski definition) is 0. The zero-order valence-corrected chi connectivity index (χ0v) is 22.5. The molecular weight excluding hydrogens is 510 g/mol. The van der Waals surface area contributed by atoms with Gasteiger partial charge in [0, 0.05) is 23.1 Å². The molecular formula is C36H27NO4. The van der Waals surface area contributed by atoms with Gasteiger partial charge in [-0.15, -0.1) is 0 Å². The van der Waals surface area contributed by atoms with E-state index in [-0.39, 0.29) is 31.4 Å². The predicted molar refractivity (Wildman–Crippen MR) is 160 cm³/mol. The third-order valence-electron chi connectivity index (χ3n) is 8.77. The zero-order valence-electron chi connectivity index (χ0n) is 22.5. The van der Waals surface area contributed by atoms with Gasteiger partial charge < -0.3 is 4.74 Å². The van der Waals surface area contributed by atoms with Crippen LogP contribution in [0, 0.1) is 5.92 Å². The second-order valence-electron chi connectivity index (χ2n) is 11.4. The molecule has 0 N–H and O–H groups in total. The Morgan fingerprint density at radius 1 is 0.732 bits per heavy atom. The summed E-state index contributed by atoms with van der Waals surface area (Å²) in [6.07, 6.45) is 3.26. The highest BCUT2D eigenvalue weighted by molar-refractivity contribution is 6.38. The van der Waals surface area contributed by atoms with Crippen LogP contribution < -0.4 is 0 Å². The van der Waals surface area contributed by atoms with Gasteiger partial charge in [-0.05, 0) is 86.1 Å². The summed E-state index contributed by atoms with van der Waals surface area (Å²) in [4.78, 5) is 41.6. The maximum Gasteiger partial charge on any atom is 0.307 e. The van der Waals surface area contributed by atoms with Crippen molar-refractivity contribution in [2.45, 2.75) is 32.3 Å². The van der Waals surface area contributed by atoms with Gasteiger partial charge in [-0.1, -0.05) is 72.8 Å². The standard InChI is InChI=1S/C36H27NO4/c38-30(41-20-22-6-2-1-3-7-22)16-17-37-35(39)28-15-14-26-25-10-4-8-23-9-5-11-27(31(23)25)32-24(18-21-12-13-21)19-29(36(37)40)33(28)34(26)32/h1-11,14-15,19,21H,12-13,16-18,20H2. The lowest BCUT2D eigenvalue weighted by atomic mass is 9.82. The highest BCUT2D eigenvalue weighted by Gasteiger charge is 2.36. The molecule has 1 saturated carbocycles. The normalized spacial score (nSPS) is 15.1. The van der Waals surface area contributed by atoms with Crippen molar-refractivity contribution in [3.63, 3.8) is 0 Å². The molecule has 0 atom stereocenters. The topological polar surface area (TPSA) is 63.7 Å². The number of esters is 1. The van der Waals surface area contributed by atoms with E-state index < -0.39 is 5.97 Å². The Kier molecular flexibility index (Phi) is 5.36. The van der Waals surface area contributed by atoms with Crippen LogP contribution in [-0.2, 0) is 22.6 Å². The Bertz CT molecular complexity index is 2040. The number of nitrogens with zero attached hydrogens (tertiary/aromatic N) is 1. The Labute approximate surface area is 236 Å². The molecule has 6 aromatic rings. The van der Waals surface area contributed by atoms with E-state index in [1.165, 1.54) is 39.5 Å². The van der Waals surface area contributed by atoms with Gasteiger partial charge >= 0.3 is 5.97 Å². The number of carbonyl (C=O) groups excluding carboxylic acids is 3. The SMILES string of the molecule is O=C(CCN1C(=O)c2ccc3c4cccc5cccc(c6c(CC7CC7)cc(c2c36)C1=O)c54)OCc1ccccc1. The molecule has 0 bridgehead atoms. The van der Waals surface area contributed by atoms with E-state index in [1.54, 1.807) is 0 Å². The van der Waals surface area contributed by atoms with Crippen LogP contribution in [0.1, 0.15) is 51.1 Å². The van der Waals surface area contributed by atoms with Gasteiger partial charge in [0.05, 0.1) is 6.42 Å².